The lowest BCUT2D eigenvalue weighted by Crippen LogP contribution is -2.51. The molecular formula is C11H20N2O3. The second-order valence-electron chi connectivity index (χ2n) is 4.65. The van der Waals surface area contributed by atoms with Crippen LogP contribution >= 0.6 is 0 Å². The smallest absolute Gasteiger partial charge is 0.230 e. The van der Waals surface area contributed by atoms with Crippen molar-refractivity contribution >= 4 is 5.91 Å². The number of hydrogen-bond donors (Lipinski definition) is 2. The van der Waals surface area contributed by atoms with Crippen molar-refractivity contribution in [1.29, 1.82) is 0 Å². The number of aliphatic hydroxyl groups excluding tert-OH is 1. The highest BCUT2D eigenvalue weighted by molar-refractivity contribution is 5.80. The van der Waals surface area contributed by atoms with Gasteiger partial charge in [0, 0.05) is 18.6 Å². The second-order valence-corrected chi connectivity index (χ2v) is 4.65. The predicted molar refractivity (Wildman–Crippen MR) is 58.7 cm³/mol. The maximum absolute atomic E-state index is 12.2. The molecular weight excluding hydrogens is 208 g/mol. The molecule has 2 fully saturated rings. The molecule has 0 bridgehead atoms. The number of carbonyl (C=O) groups is 1. The molecule has 1 amide bonds. The minimum Gasteiger partial charge on any atom is -0.395 e. The third-order valence-corrected chi connectivity index (χ3v) is 3.58. The van der Waals surface area contributed by atoms with Crippen molar-refractivity contribution in [3.8, 4) is 0 Å². The fourth-order valence-electron chi connectivity index (χ4n) is 2.32. The van der Waals surface area contributed by atoms with E-state index in [1.54, 1.807) is 4.90 Å². The molecule has 2 aliphatic rings. The van der Waals surface area contributed by atoms with Crippen LogP contribution in [0.25, 0.3) is 0 Å². The summed E-state index contributed by atoms with van der Waals surface area (Å²) < 4.78 is 5.22. The van der Waals surface area contributed by atoms with Crippen LogP contribution in [0.2, 0.25) is 0 Å². The molecule has 0 radical (unpaired) electrons. The van der Waals surface area contributed by atoms with E-state index in [0.29, 0.717) is 25.8 Å². The molecule has 2 atom stereocenters. The van der Waals surface area contributed by atoms with Gasteiger partial charge in [-0.25, -0.2) is 0 Å². The van der Waals surface area contributed by atoms with Gasteiger partial charge >= 0.3 is 0 Å². The van der Waals surface area contributed by atoms with Crippen LogP contribution in [0.4, 0.5) is 0 Å². The molecule has 0 aromatic heterocycles. The maximum atomic E-state index is 12.2. The number of nitrogens with zero attached hydrogens (tertiary/aromatic N) is 1. The van der Waals surface area contributed by atoms with Crippen LogP contribution in [0.15, 0.2) is 0 Å². The molecule has 5 heteroatoms. The fraction of sp³-hybridized carbons (Fsp3) is 0.909. The Labute approximate surface area is 95.5 Å². The van der Waals surface area contributed by atoms with Crippen LogP contribution in [0, 0.1) is 5.92 Å². The van der Waals surface area contributed by atoms with Gasteiger partial charge in [0.05, 0.1) is 25.7 Å². The summed E-state index contributed by atoms with van der Waals surface area (Å²) in [6, 6.07) is 0.126. The summed E-state index contributed by atoms with van der Waals surface area (Å²) in [5.74, 6) is -0.157. The van der Waals surface area contributed by atoms with Crippen molar-refractivity contribution in [3.05, 3.63) is 0 Å². The summed E-state index contributed by atoms with van der Waals surface area (Å²) in [6.07, 6.45) is 3.27. The summed E-state index contributed by atoms with van der Waals surface area (Å²) in [7, 11) is 0. The van der Waals surface area contributed by atoms with Gasteiger partial charge in [0.1, 0.15) is 0 Å². The average Bonchev–Trinajstić information content (AvgIpc) is 2.60. The Balaban J connectivity index is 1.98. The first-order valence-corrected chi connectivity index (χ1v) is 5.98. The normalized spacial score (nSPS) is 30.1. The van der Waals surface area contributed by atoms with E-state index in [1.807, 2.05) is 0 Å². The van der Waals surface area contributed by atoms with E-state index in [2.05, 4.69) is 0 Å². The molecule has 1 aliphatic heterocycles. The van der Waals surface area contributed by atoms with Crippen LogP contribution in [0.3, 0.4) is 0 Å². The van der Waals surface area contributed by atoms with Crippen molar-refractivity contribution < 1.29 is 14.6 Å². The third kappa shape index (κ3) is 2.21. The minimum absolute atomic E-state index is 0.0189. The van der Waals surface area contributed by atoms with E-state index in [1.165, 1.54) is 6.42 Å². The van der Waals surface area contributed by atoms with Gasteiger partial charge in [-0.2, -0.15) is 0 Å². The molecule has 1 saturated carbocycles. The Kier molecular flexibility index (Phi) is 3.78. The Morgan fingerprint density at radius 1 is 1.44 bits per heavy atom. The minimum atomic E-state index is -0.216. The molecule has 16 heavy (non-hydrogen) atoms. The molecule has 1 heterocycles. The quantitative estimate of drug-likeness (QED) is 0.669. The van der Waals surface area contributed by atoms with Crippen LogP contribution < -0.4 is 5.73 Å². The first kappa shape index (κ1) is 11.8. The summed E-state index contributed by atoms with van der Waals surface area (Å²) in [6.45, 7) is 1.33. The van der Waals surface area contributed by atoms with Gasteiger partial charge < -0.3 is 20.5 Å². The molecule has 3 N–H and O–H groups in total. The second kappa shape index (κ2) is 5.12. The molecule has 2 unspecified atom stereocenters. The first-order chi connectivity index (χ1) is 7.74. The zero-order valence-corrected chi connectivity index (χ0v) is 9.47. The SMILES string of the molecule is NC1COCC1C(=O)N(CCO)C1CCC1. The van der Waals surface area contributed by atoms with Gasteiger partial charge in [-0.15, -0.1) is 0 Å². The van der Waals surface area contributed by atoms with Crippen molar-refractivity contribution in [2.24, 2.45) is 11.7 Å². The van der Waals surface area contributed by atoms with E-state index in [9.17, 15) is 4.79 Å². The van der Waals surface area contributed by atoms with E-state index >= 15 is 0 Å². The zero-order chi connectivity index (χ0) is 11.5. The third-order valence-electron chi connectivity index (χ3n) is 3.58. The lowest BCUT2D eigenvalue weighted by molar-refractivity contribution is -0.140. The molecule has 1 aliphatic carbocycles. The lowest BCUT2D eigenvalue weighted by atomic mass is 9.90. The van der Waals surface area contributed by atoms with Gasteiger partial charge in [-0.1, -0.05) is 0 Å². The molecule has 0 aromatic rings. The molecule has 2 rings (SSSR count). The van der Waals surface area contributed by atoms with Crippen molar-refractivity contribution in [3.63, 3.8) is 0 Å². The fourth-order valence-corrected chi connectivity index (χ4v) is 2.32. The van der Waals surface area contributed by atoms with Gasteiger partial charge in [-0.05, 0) is 19.3 Å². The zero-order valence-electron chi connectivity index (χ0n) is 9.47. The molecule has 0 aromatic carbocycles. The monoisotopic (exact) mass is 228 g/mol. The molecule has 92 valence electrons. The highest BCUT2D eigenvalue weighted by Gasteiger charge is 2.37. The van der Waals surface area contributed by atoms with Crippen LogP contribution in [-0.4, -0.2) is 54.4 Å². The topological polar surface area (TPSA) is 75.8 Å². The molecule has 5 nitrogen and oxygen atoms in total. The largest absolute Gasteiger partial charge is 0.395 e. The molecule has 0 spiro atoms. The van der Waals surface area contributed by atoms with E-state index in [0.717, 1.165) is 12.8 Å². The van der Waals surface area contributed by atoms with Gasteiger partial charge in [0.2, 0.25) is 5.91 Å². The van der Waals surface area contributed by atoms with E-state index in [-0.39, 0.29) is 24.5 Å². The highest BCUT2D eigenvalue weighted by Crippen LogP contribution is 2.27. The van der Waals surface area contributed by atoms with Gasteiger partial charge in [-0.3, -0.25) is 4.79 Å². The predicted octanol–water partition coefficient (Wildman–Crippen LogP) is -0.666. The Bertz CT molecular complexity index is 256. The van der Waals surface area contributed by atoms with Crippen LogP contribution in [-0.2, 0) is 9.53 Å². The Morgan fingerprint density at radius 3 is 2.62 bits per heavy atom. The maximum Gasteiger partial charge on any atom is 0.230 e. The summed E-state index contributed by atoms with van der Waals surface area (Å²) >= 11 is 0. The first-order valence-electron chi connectivity index (χ1n) is 5.98. The van der Waals surface area contributed by atoms with Gasteiger partial charge in [0.15, 0.2) is 0 Å². The lowest BCUT2D eigenvalue weighted by Gasteiger charge is -2.38. The number of ether oxygens (including phenoxy) is 1. The Hall–Kier alpha value is -0.650. The number of hydrogen-bond acceptors (Lipinski definition) is 4. The Morgan fingerprint density at radius 2 is 2.19 bits per heavy atom. The number of nitrogens with two attached hydrogens (primary N) is 1. The molecule has 1 saturated heterocycles. The summed E-state index contributed by atoms with van der Waals surface area (Å²) in [4.78, 5) is 14.0. The number of aliphatic hydroxyl groups is 1. The van der Waals surface area contributed by atoms with Crippen LogP contribution in [0.5, 0.6) is 0 Å². The van der Waals surface area contributed by atoms with Crippen molar-refractivity contribution in [2.45, 2.75) is 31.3 Å². The average molecular weight is 228 g/mol. The number of amides is 1. The summed E-state index contributed by atoms with van der Waals surface area (Å²) in [5, 5.41) is 9.01. The van der Waals surface area contributed by atoms with E-state index in [4.69, 9.17) is 15.6 Å². The summed E-state index contributed by atoms with van der Waals surface area (Å²) in [5.41, 5.74) is 5.84. The number of rotatable bonds is 4. The number of carbonyl (C=O) groups excluding carboxylic acids is 1. The van der Waals surface area contributed by atoms with Crippen molar-refractivity contribution in [1.82, 2.24) is 4.90 Å². The van der Waals surface area contributed by atoms with Gasteiger partial charge in [0.25, 0.3) is 0 Å². The van der Waals surface area contributed by atoms with Crippen LogP contribution in [0.1, 0.15) is 19.3 Å². The van der Waals surface area contributed by atoms with E-state index < -0.39 is 0 Å². The standard InChI is InChI=1S/C11H20N2O3/c12-10-7-16-6-9(10)11(15)13(4-5-14)8-2-1-3-8/h8-10,14H,1-7,12H2. The highest BCUT2D eigenvalue weighted by atomic mass is 16.5. The van der Waals surface area contributed by atoms with Crippen molar-refractivity contribution in [2.75, 3.05) is 26.4 Å².